The number of hydrogen-bond acceptors (Lipinski definition) is 5. The van der Waals surface area contributed by atoms with Gasteiger partial charge in [0.15, 0.2) is 5.75 Å². The van der Waals surface area contributed by atoms with Crippen LogP contribution in [0.5, 0.6) is 5.75 Å². The number of nitro benzene ring substituents is 1. The molecule has 0 saturated carbocycles. The highest BCUT2D eigenvalue weighted by molar-refractivity contribution is 6.44. The molecule has 2 rings (SSSR count). The van der Waals surface area contributed by atoms with Crippen LogP contribution in [0.15, 0.2) is 42.0 Å². The zero-order chi connectivity index (χ0) is 18.6. The van der Waals surface area contributed by atoms with Crippen molar-refractivity contribution >= 4 is 46.6 Å². The molecule has 0 saturated heterocycles. The Labute approximate surface area is 151 Å². The Morgan fingerprint density at radius 3 is 2.68 bits per heavy atom. The average Bonchev–Trinajstić information content (AvgIpc) is 2.57. The predicted molar refractivity (Wildman–Crippen MR) is 93.4 cm³/mol. The van der Waals surface area contributed by atoms with Gasteiger partial charge in [-0.3, -0.25) is 14.9 Å². The van der Waals surface area contributed by atoms with E-state index < -0.39 is 22.3 Å². The highest BCUT2D eigenvalue weighted by Crippen LogP contribution is 2.30. The summed E-state index contributed by atoms with van der Waals surface area (Å²) in [5.74, 6) is -1.28. The third kappa shape index (κ3) is 4.26. The van der Waals surface area contributed by atoms with E-state index in [1.165, 1.54) is 18.2 Å². The molecule has 2 aromatic carbocycles. The predicted octanol–water partition coefficient (Wildman–Crippen LogP) is 4.15. The number of phenols is 1. The van der Waals surface area contributed by atoms with Crippen molar-refractivity contribution in [2.45, 2.75) is 0 Å². The third-order valence-corrected chi connectivity index (χ3v) is 3.89. The van der Waals surface area contributed by atoms with Crippen LogP contribution < -0.4 is 5.32 Å². The SMILES string of the molecule is N#CC(=Cc1ccc(O)c([N+](=O)[O-])c1)C(=O)Nc1cccc(Cl)c1Cl. The average molecular weight is 378 g/mol. The molecule has 7 nitrogen and oxygen atoms in total. The van der Waals surface area contributed by atoms with Gasteiger partial charge in [-0.05, 0) is 29.8 Å². The second kappa shape index (κ2) is 7.66. The van der Waals surface area contributed by atoms with Crippen LogP contribution in [0.2, 0.25) is 10.0 Å². The number of hydrogen-bond donors (Lipinski definition) is 2. The Bertz CT molecular complexity index is 935. The van der Waals surface area contributed by atoms with Crippen LogP contribution in [0, 0.1) is 21.4 Å². The lowest BCUT2D eigenvalue weighted by Gasteiger charge is -2.07. The highest BCUT2D eigenvalue weighted by Gasteiger charge is 2.16. The molecule has 0 radical (unpaired) electrons. The molecule has 0 aliphatic rings. The molecular weight excluding hydrogens is 369 g/mol. The first-order chi connectivity index (χ1) is 11.8. The minimum atomic E-state index is -0.773. The van der Waals surface area contributed by atoms with Gasteiger partial charge in [0.1, 0.15) is 11.6 Å². The molecule has 0 aromatic heterocycles. The fraction of sp³-hybridized carbons (Fsp3) is 0. The Kier molecular flexibility index (Phi) is 5.60. The molecule has 0 aliphatic carbocycles. The molecule has 0 aliphatic heterocycles. The van der Waals surface area contributed by atoms with Crippen molar-refractivity contribution in [3.8, 4) is 11.8 Å². The van der Waals surface area contributed by atoms with Gasteiger partial charge in [-0.15, -0.1) is 0 Å². The van der Waals surface area contributed by atoms with Gasteiger partial charge in [-0.25, -0.2) is 0 Å². The quantitative estimate of drug-likeness (QED) is 0.359. The zero-order valence-electron chi connectivity index (χ0n) is 12.4. The molecule has 0 fully saturated rings. The van der Waals surface area contributed by atoms with Crippen molar-refractivity contribution in [3.05, 3.63) is 67.7 Å². The standard InChI is InChI=1S/C16H9Cl2N3O4/c17-11-2-1-3-12(15(11)18)20-16(23)10(8-19)6-9-4-5-14(22)13(7-9)21(24)25/h1-7,22H,(H,20,23). The molecule has 0 spiro atoms. The van der Waals surface area contributed by atoms with Crippen molar-refractivity contribution in [3.63, 3.8) is 0 Å². The number of nitro groups is 1. The van der Waals surface area contributed by atoms with Gasteiger partial charge >= 0.3 is 5.69 Å². The number of benzene rings is 2. The molecule has 0 atom stereocenters. The van der Waals surface area contributed by atoms with E-state index in [0.717, 1.165) is 18.2 Å². The molecule has 9 heteroatoms. The van der Waals surface area contributed by atoms with Crippen LogP contribution in [0.4, 0.5) is 11.4 Å². The Balaban J connectivity index is 2.33. The van der Waals surface area contributed by atoms with Crippen LogP contribution in [-0.2, 0) is 4.79 Å². The van der Waals surface area contributed by atoms with Crippen molar-refractivity contribution in [1.29, 1.82) is 5.26 Å². The molecule has 2 N–H and O–H groups in total. The number of phenolic OH excluding ortho intramolecular Hbond substituents is 1. The summed E-state index contributed by atoms with van der Waals surface area (Å²) >= 11 is 11.8. The maximum atomic E-state index is 12.2. The van der Waals surface area contributed by atoms with E-state index >= 15 is 0 Å². The molecule has 1 amide bonds. The first kappa shape index (κ1) is 18.3. The maximum Gasteiger partial charge on any atom is 0.311 e. The van der Waals surface area contributed by atoms with E-state index in [4.69, 9.17) is 23.2 Å². The fourth-order valence-corrected chi connectivity index (χ4v) is 2.23. The fourth-order valence-electron chi connectivity index (χ4n) is 1.88. The van der Waals surface area contributed by atoms with Crippen LogP contribution in [0.1, 0.15) is 5.56 Å². The molecule has 0 heterocycles. The van der Waals surface area contributed by atoms with Crippen LogP contribution in [-0.4, -0.2) is 15.9 Å². The number of amides is 1. The molecule has 25 heavy (non-hydrogen) atoms. The summed E-state index contributed by atoms with van der Waals surface area (Å²) < 4.78 is 0. The third-order valence-electron chi connectivity index (χ3n) is 3.07. The van der Waals surface area contributed by atoms with Gasteiger partial charge in [0.25, 0.3) is 5.91 Å². The maximum absolute atomic E-state index is 12.2. The summed E-state index contributed by atoms with van der Waals surface area (Å²) in [6, 6.07) is 9.81. The van der Waals surface area contributed by atoms with E-state index in [1.54, 1.807) is 12.1 Å². The number of carbonyl (C=O) groups is 1. The summed E-state index contributed by atoms with van der Waals surface area (Å²) in [4.78, 5) is 22.3. The van der Waals surface area contributed by atoms with Crippen molar-refractivity contribution in [2.75, 3.05) is 5.32 Å². The number of halogens is 2. The van der Waals surface area contributed by atoms with Gasteiger partial charge in [0.05, 0.1) is 20.7 Å². The number of anilines is 1. The van der Waals surface area contributed by atoms with Crippen molar-refractivity contribution < 1.29 is 14.8 Å². The first-order valence-corrected chi connectivity index (χ1v) is 7.43. The lowest BCUT2D eigenvalue weighted by molar-refractivity contribution is -0.385. The molecule has 0 bridgehead atoms. The van der Waals surface area contributed by atoms with E-state index in [2.05, 4.69) is 5.32 Å². The number of nitrogens with zero attached hydrogens (tertiary/aromatic N) is 2. The van der Waals surface area contributed by atoms with Gasteiger partial charge in [0, 0.05) is 6.07 Å². The summed E-state index contributed by atoms with van der Waals surface area (Å²) in [5, 5.41) is 32.2. The van der Waals surface area contributed by atoms with Gasteiger partial charge < -0.3 is 10.4 Å². The number of nitrogens with one attached hydrogen (secondary N) is 1. The Morgan fingerprint density at radius 2 is 2.04 bits per heavy atom. The highest BCUT2D eigenvalue weighted by atomic mass is 35.5. The summed E-state index contributed by atoms with van der Waals surface area (Å²) in [5.41, 5.74) is -0.425. The number of carbonyl (C=O) groups excluding carboxylic acids is 1. The Hall–Kier alpha value is -3.08. The van der Waals surface area contributed by atoms with Crippen LogP contribution >= 0.6 is 23.2 Å². The van der Waals surface area contributed by atoms with Gasteiger partial charge in [-0.2, -0.15) is 5.26 Å². The van der Waals surface area contributed by atoms with Crippen molar-refractivity contribution in [2.24, 2.45) is 0 Å². The largest absolute Gasteiger partial charge is 0.502 e. The first-order valence-electron chi connectivity index (χ1n) is 6.68. The molecule has 126 valence electrons. The Morgan fingerprint density at radius 1 is 1.32 bits per heavy atom. The van der Waals surface area contributed by atoms with Crippen LogP contribution in [0.3, 0.4) is 0 Å². The summed E-state index contributed by atoms with van der Waals surface area (Å²) in [6.45, 7) is 0. The number of nitriles is 1. The van der Waals surface area contributed by atoms with E-state index in [1.807, 2.05) is 0 Å². The second-order valence-electron chi connectivity index (χ2n) is 4.73. The lowest BCUT2D eigenvalue weighted by Crippen LogP contribution is -2.13. The summed E-state index contributed by atoms with van der Waals surface area (Å²) in [6.07, 6.45) is 1.15. The molecular formula is C16H9Cl2N3O4. The molecule has 2 aromatic rings. The van der Waals surface area contributed by atoms with E-state index in [9.17, 15) is 25.3 Å². The lowest BCUT2D eigenvalue weighted by atomic mass is 10.1. The second-order valence-corrected chi connectivity index (χ2v) is 5.52. The minimum absolute atomic E-state index is 0.120. The van der Waals surface area contributed by atoms with Gasteiger partial charge in [0.2, 0.25) is 0 Å². The topological polar surface area (TPSA) is 116 Å². The summed E-state index contributed by atoms with van der Waals surface area (Å²) in [7, 11) is 0. The minimum Gasteiger partial charge on any atom is -0.502 e. The normalized spacial score (nSPS) is 10.8. The van der Waals surface area contributed by atoms with Gasteiger partial charge in [-0.1, -0.05) is 35.3 Å². The van der Waals surface area contributed by atoms with E-state index in [-0.39, 0.29) is 26.9 Å². The van der Waals surface area contributed by atoms with E-state index in [0.29, 0.717) is 0 Å². The zero-order valence-corrected chi connectivity index (χ0v) is 13.9. The monoisotopic (exact) mass is 377 g/mol. The van der Waals surface area contributed by atoms with Crippen LogP contribution in [0.25, 0.3) is 6.08 Å². The number of aromatic hydroxyl groups is 1. The van der Waals surface area contributed by atoms with Crippen molar-refractivity contribution in [1.82, 2.24) is 0 Å². The molecule has 0 unspecified atom stereocenters. The smallest absolute Gasteiger partial charge is 0.311 e. The number of rotatable bonds is 4.